The van der Waals surface area contributed by atoms with Crippen LogP contribution in [-0.2, 0) is 16.1 Å². The molecule has 0 saturated carbocycles. The first kappa shape index (κ1) is 21.4. The van der Waals surface area contributed by atoms with E-state index in [9.17, 15) is 4.79 Å². The molecule has 0 bridgehead atoms. The Balaban J connectivity index is 1.20. The van der Waals surface area contributed by atoms with Crippen LogP contribution in [0.3, 0.4) is 0 Å². The van der Waals surface area contributed by atoms with Gasteiger partial charge < -0.3 is 14.5 Å². The van der Waals surface area contributed by atoms with E-state index in [-0.39, 0.29) is 11.9 Å². The molecule has 1 N–H and O–H groups in total. The number of carbonyl (C=O) groups excluding carboxylic acids is 1. The number of furan rings is 1. The number of anilines is 1. The van der Waals surface area contributed by atoms with Gasteiger partial charge in [-0.3, -0.25) is 9.69 Å². The van der Waals surface area contributed by atoms with Gasteiger partial charge in [0, 0.05) is 31.7 Å². The number of hydrogen-bond acceptors (Lipinski definition) is 5. The topological polar surface area (TPSA) is 72.5 Å². The van der Waals surface area contributed by atoms with Crippen molar-refractivity contribution >= 4 is 22.7 Å². The highest BCUT2D eigenvalue weighted by molar-refractivity contribution is 5.94. The summed E-state index contributed by atoms with van der Waals surface area (Å²) in [6.07, 6.45) is 2.98. The average molecular weight is 445 g/mol. The minimum Gasteiger partial charge on any atom is -0.460 e. The number of carbonyl (C=O) groups is 1. The van der Waals surface area contributed by atoms with Gasteiger partial charge in [0.25, 0.3) is 5.91 Å². The van der Waals surface area contributed by atoms with E-state index in [0.29, 0.717) is 5.82 Å². The molecule has 3 heterocycles. The molecule has 2 aromatic carbocycles. The molecule has 1 aliphatic rings. The second kappa shape index (κ2) is 9.60. The molecular formula is C26H28N4O3. The first-order valence-electron chi connectivity index (χ1n) is 11.3. The van der Waals surface area contributed by atoms with Crippen LogP contribution in [0.15, 0.2) is 77.3 Å². The van der Waals surface area contributed by atoms with E-state index in [1.54, 1.807) is 13.3 Å². The number of methoxy groups -OCH3 is 1. The van der Waals surface area contributed by atoms with Crippen LogP contribution in [0.25, 0.3) is 11.0 Å². The summed E-state index contributed by atoms with van der Waals surface area (Å²) in [5, 5.41) is 8.67. The van der Waals surface area contributed by atoms with Gasteiger partial charge in [-0.25, -0.2) is 4.68 Å². The number of rotatable bonds is 7. The molecule has 7 nitrogen and oxygen atoms in total. The Bertz CT molecular complexity index is 1180. The number of benzene rings is 2. The minimum atomic E-state index is -0.666. The normalized spacial score (nSPS) is 16.2. The number of ether oxygens (including phenoxy) is 1. The Labute approximate surface area is 192 Å². The van der Waals surface area contributed by atoms with Crippen LogP contribution in [0.4, 0.5) is 5.82 Å². The first-order valence-corrected chi connectivity index (χ1v) is 11.3. The third-order valence-corrected chi connectivity index (χ3v) is 6.26. The lowest BCUT2D eigenvalue weighted by atomic mass is 10.0. The molecule has 1 unspecified atom stereocenters. The van der Waals surface area contributed by atoms with Crippen LogP contribution in [0.1, 0.15) is 36.3 Å². The number of amides is 1. The summed E-state index contributed by atoms with van der Waals surface area (Å²) in [6.45, 7) is 2.69. The highest BCUT2D eigenvalue weighted by Gasteiger charge is 2.26. The summed E-state index contributed by atoms with van der Waals surface area (Å²) in [6, 6.07) is 21.8. The first-order chi connectivity index (χ1) is 16.2. The van der Waals surface area contributed by atoms with Gasteiger partial charge in [-0.2, -0.15) is 5.10 Å². The molecule has 1 amide bonds. The van der Waals surface area contributed by atoms with Crippen molar-refractivity contribution in [3.63, 3.8) is 0 Å². The van der Waals surface area contributed by atoms with E-state index in [2.05, 4.69) is 27.4 Å². The Morgan fingerprint density at radius 1 is 1.12 bits per heavy atom. The third kappa shape index (κ3) is 4.69. The number of fused-ring (bicyclic) bond motifs is 1. The number of nitrogens with zero attached hydrogens (tertiary/aromatic N) is 3. The lowest BCUT2D eigenvalue weighted by Crippen LogP contribution is -2.35. The molecule has 5 rings (SSSR count). The molecule has 33 heavy (non-hydrogen) atoms. The molecule has 1 atom stereocenters. The zero-order valence-electron chi connectivity index (χ0n) is 18.7. The lowest BCUT2D eigenvalue weighted by molar-refractivity contribution is -0.126. The van der Waals surface area contributed by atoms with Crippen molar-refractivity contribution in [1.82, 2.24) is 14.7 Å². The SMILES string of the molecule is COC(C(=O)Nc1ccnn1C1CCN(Cc2cc3ccccc3o2)CC1)c1ccccc1. The molecule has 170 valence electrons. The summed E-state index contributed by atoms with van der Waals surface area (Å²) in [5.74, 6) is 1.50. The van der Waals surface area contributed by atoms with Crippen molar-refractivity contribution in [1.29, 1.82) is 0 Å². The van der Waals surface area contributed by atoms with Gasteiger partial charge in [-0.15, -0.1) is 0 Å². The maximum absolute atomic E-state index is 12.9. The van der Waals surface area contributed by atoms with Crippen molar-refractivity contribution in [2.45, 2.75) is 31.5 Å². The molecular weight excluding hydrogens is 416 g/mol. The van der Waals surface area contributed by atoms with Gasteiger partial charge in [0.05, 0.1) is 18.8 Å². The van der Waals surface area contributed by atoms with Crippen LogP contribution in [0.5, 0.6) is 0 Å². The van der Waals surface area contributed by atoms with E-state index in [0.717, 1.165) is 54.8 Å². The van der Waals surface area contributed by atoms with Gasteiger partial charge in [-0.05, 0) is 30.5 Å². The fourth-order valence-corrected chi connectivity index (χ4v) is 4.58. The fourth-order valence-electron chi connectivity index (χ4n) is 4.58. The Morgan fingerprint density at radius 3 is 2.64 bits per heavy atom. The molecule has 1 fully saturated rings. The summed E-state index contributed by atoms with van der Waals surface area (Å²) in [7, 11) is 1.55. The number of nitrogens with one attached hydrogen (secondary N) is 1. The largest absolute Gasteiger partial charge is 0.460 e. The maximum Gasteiger partial charge on any atom is 0.259 e. The third-order valence-electron chi connectivity index (χ3n) is 6.26. The predicted octanol–water partition coefficient (Wildman–Crippen LogP) is 4.79. The van der Waals surface area contributed by atoms with Gasteiger partial charge in [0.15, 0.2) is 6.10 Å². The molecule has 4 aromatic rings. The van der Waals surface area contributed by atoms with Gasteiger partial charge in [0.2, 0.25) is 0 Å². The van der Waals surface area contributed by atoms with Crippen molar-refractivity contribution in [3.05, 3.63) is 84.3 Å². The molecule has 1 aliphatic heterocycles. The smallest absolute Gasteiger partial charge is 0.259 e. The number of aromatic nitrogens is 2. The van der Waals surface area contributed by atoms with Crippen molar-refractivity contribution in [2.24, 2.45) is 0 Å². The predicted molar refractivity (Wildman–Crippen MR) is 127 cm³/mol. The fraction of sp³-hybridized carbons (Fsp3) is 0.308. The molecule has 7 heteroatoms. The van der Waals surface area contributed by atoms with Crippen LogP contribution in [-0.4, -0.2) is 40.8 Å². The minimum absolute atomic E-state index is 0.201. The van der Waals surface area contributed by atoms with Crippen molar-refractivity contribution < 1.29 is 13.9 Å². The Hall–Kier alpha value is -3.42. The van der Waals surface area contributed by atoms with E-state index in [1.165, 1.54) is 0 Å². The van der Waals surface area contributed by atoms with Gasteiger partial charge in [0.1, 0.15) is 17.2 Å². The standard InChI is InChI=1S/C26H28N4O3/c1-32-25(19-7-3-2-4-8-19)26(31)28-24-11-14-27-30(24)21-12-15-29(16-13-21)18-22-17-20-9-5-6-10-23(20)33-22/h2-11,14,17,21,25H,12-13,15-16,18H2,1H3,(H,28,31). The van der Waals surface area contributed by atoms with E-state index >= 15 is 0 Å². The van der Waals surface area contributed by atoms with E-state index in [1.807, 2.05) is 59.3 Å². The Morgan fingerprint density at radius 2 is 1.88 bits per heavy atom. The van der Waals surface area contributed by atoms with Crippen LogP contribution < -0.4 is 5.32 Å². The number of hydrogen-bond donors (Lipinski definition) is 1. The molecule has 0 radical (unpaired) electrons. The maximum atomic E-state index is 12.9. The van der Waals surface area contributed by atoms with E-state index < -0.39 is 6.10 Å². The van der Waals surface area contributed by atoms with Gasteiger partial charge in [-0.1, -0.05) is 48.5 Å². The quantitative estimate of drug-likeness (QED) is 0.444. The Kier molecular flexibility index (Phi) is 6.24. The second-order valence-electron chi connectivity index (χ2n) is 8.43. The highest BCUT2D eigenvalue weighted by Crippen LogP contribution is 2.28. The lowest BCUT2D eigenvalue weighted by Gasteiger charge is -2.32. The van der Waals surface area contributed by atoms with Crippen LogP contribution in [0.2, 0.25) is 0 Å². The van der Waals surface area contributed by atoms with E-state index in [4.69, 9.17) is 9.15 Å². The van der Waals surface area contributed by atoms with Gasteiger partial charge >= 0.3 is 0 Å². The number of piperidine rings is 1. The summed E-state index contributed by atoms with van der Waals surface area (Å²) < 4.78 is 13.4. The van der Waals surface area contributed by atoms with Crippen molar-refractivity contribution in [3.8, 4) is 0 Å². The summed E-state index contributed by atoms with van der Waals surface area (Å²) >= 11 is 0. The molecule has 0 spiro atoms. The molecule has 0 aliphatic carbocycles. The number of para-hydroxylation sites is 1. The summed E-state index contributed by atoms with van der Waals surface area (Å²) in [5.41, 5.74) is 1.76. The van der Waals surface area contributed by atoms with Crippen LogP contribution >= 0.6 is 0 Å². The molecule has 1 saturated heterocycles. The highest BCUT2D eigenvalue weighted by atomic mass is 16.5. The zero-order valence-corrected chi connectivity index (χ0v) is 18.7. The summed E-state index contributed by atoms with van der Waals surface area (Å²) in [4.78, 5) is 15.3. The van der Waals surface area contributed by atoms with Crippen LogP contribution in [0, 0.1) is 0 Å². The van der Waals surface area contributed by atoms with Crippen molar-refractivity contribution in [2.75, 3.05) is 25.5 Å². The monoisotopic (exact) mass is 444 g/mol. The average Bonchev–Trinajstić information content (AvgIpc) is 3.47. The second-order valence-corrected chi connectivity index (χ2v) is 8.43. The number of likely N-dealkylation sites (tertiary alicyclic amines) is 1. The molecule has 2 aromatic heterocycles. The zero-order chi connectivity index (χ0) is 22.6.